The zero-order chi connectivity index (χ0) is 44.9. The van der Waals surface area contributed by atoms with Crippen LogP contribution in [0.1, 0.15) is 32.2 Å². The molecule has 3 heterocycles. The highest BCUT2D eigenvalue weighted by Crippen LogP contribution is 2.45. The van der Waals surface area contributed by atoms with E-state index < -0.39 is 0 Å². The van der Waals surface area contributed by atoms with Gasteiger partial charge in [0.2, 0.25) is 0 Å². The van der Waals surface area contributed by atoms with Gasteiger partial charge in [0.05, 0.1) is 27.8 Å². The van der Waals surface area contributed by atoms with Crippen LogP contribution in [0.2, 0.25) is 0 Å². The van der Waals surface area contributed by atoms with Gasteiger partial charge < -0.3 is 9.13 Å². The summed E-state index contributed by atoms with van der Waals surface area (Å²) in [5.41, 5.74) is 14.7. The summed E-state index contributed by atoms with van der Waals surface area (Å²) in [4.78, 5) is 15.4. The summed E-state index contributed by atoms with van der Waals surface area (Å²) in [6, 6.07) is 67.4. The van der Waals surface area contributed by atoms with Gasteiger partial charge in [0.15, 0.2) is 17.5 Å². The largest absolute Gasteiger partial charge is 0.309 e. The molecule has 0 amide bonds. The number of rotatable bonds is 9. The molecule has 0 saturated carbocycles. The molecule has 0 unspecified atom stereocenters. The summed E-state index contributed by atoms with van der Waals surface area (Å²) in [6.07, 6.45) is 5.39. The molecule has 66 heavy (non-hydrogen) atoms. The first-order chi connectivity index (χ1) is 32.3. The van der Waals surface area contributed by atoms with Gasteiger partial charge in [-0.1, -0.05) is 192 Å². The van der Waals surface area contributed by atoms with Crippen molar-refractivity contribution in [2.24, 2.45) is 0 Å². The first-order valence-corrected chi connectivity index (χ1v) is 22.4. The summed E-state index contributed by atoms with van der Waals surface area (Å²) in [6.45, 7) is 14.9. The van der Waals surface area contributed by atoms with E-state index in [1.54, 1.807) is 12.2 Å². The predicted octanol–water partition coefficient (Wildman–Crippen LogP) is 15.8. The number of fused-ring (bicyclic) bond motifs is 6. The molecular weight excluding hydrogens is 803 g/mol. The van der Waals surface area contributed by atoms with E-state index in [0.29, 0.717) is 17.5 Å². The number of para-hydroxylation sites is 2. The smallest absolute Gasteiger partial charge is 0.164 e. The van der Waals surface area contributed by atoms with Gasteiger partial charge in [-0.15, -0.1) is 0 Å². The summed E-state index contributed by atoms with van der Waals surface area (Å²) < 4.78 is 4.91. The molecule has 0 aliphatic heterocycles. The molecule has 5 nitrogen and oxygen atoms in total. The van der Waals surface area contributed by atoms with Crippen molar-refractivity contribution in [3.05, 3.63) is 231 Å². The Morgan fingerprint density at radius 2 is 0.970 bits per heavy atom. The molecule has 0 fully saturated rings. The Bertz CT molecular complexity index is 3580. The van der Waals surface area contributed by atoms with Gasteiger partial charge in [-0.05, 0) is 70.6 Å². The molecule has 0 saturated heterocycles. The fourth-order valence-corrected chi connectivity index (χ4v) is 9.45. The maximum atomic E-state index is 5.22. The van der Waals surface area contributed by atoms with Crippen molar-refractivity contribution in [3.8, 4) is 56.4 Å². The molecule has 3 aromatic heterocycles. The Labute approximate surface area is 385 Å². The fraction of sp³-hybridized carbons (Fsp3) is 0.0656. The molecule has 316 valence electrons. The molecule has 11 rings (SSSR count). The van der Waals surface area contributed by atoms with Gasteiger partial charge in [-0.2, -0.15) is 0 Å². The Balaban J connectivity index is 1.27. The van der Waals surface area contributed by atoms with E-state index in [2.05, 4.69) is 201 Å². The zero-order valence-electron chi connectivity index (χ0n) is 37.3. The van der Waals surface area contributed by atoms with Crippen LogP contribution < -0.4 is 0 Å². The minimum absolute atomic E-state index is 0.0497. The van der Waals surface area contributed by atoms with Gasteiger partial charge in [-0.3, -0.25) is 0 Å². The van der Waals surface area contributed by atoms with E-state index in [4.69, 9.17) is 15.0 Å². The van der Waals surface area contributed by atoms with Crippen molar-refractivity contribution in [3.63, 3.8) is 0 Å². The van der Waals surface area contributed by atoms with E-state index >= 15 is 0 Å². The SMILES string of the molecule is C=C/C=C(\C=C)c1nc(-c2ccccc2)nc(-c2cc(-c3ccccc3)c(-n3c4ccc(C(C)(C)C)cc4c4ccc(-n5c6ccccc6c6ccccc65)cc43)c(-c3ccccc3)c2)n1. The molecule has 0 aliphatic carbocycles. The van der Waals surface area contributed by atoms with Gasteiger partial charge >= 0.3 is 0 Å². The van der Waals surface area contributed by atoms with Crippen LogP contribution in [0.3, 0.4) is 0 Å². The summed E-state index contributed by atoms with van der Waals surface area (Å²) in [5.74, 6) is 1.66. The van der Waals surface area contributed by atoms with Crippen LogP contribution in [0.5, 0.6) is 0 Å². The second kappa shape index (κ2) is 16.3. The third-order valence-corrected chi connectivity index (χ3v) is 12.7. The maximum Gasteiger partial charge on any atom is 0.164 e. The maximum absolute atomic E-state index is 5.22. The van der Waals surface area contributed by atoms with Crippen molar-refractivity contribution >= 4 is 49.2 Å². The molecule has 0 aliphatic rings. The van der Waals surface area contributed by atoms with E-state index in [-0.39, 0.29) is 5.41 Å². The molecule has 5 heteroatoms. The first kappa shape index (κ1) is 40.4. The van der Waals surface area contributed by atoms with Crippen LogP contribution in [0.4, 0.5) is 0 Å². The minimum atomic E-state index is -0.0497. The van der Waals surface area contributed by atoms with Gasteiger partial charge in [0, 0.05) is 55.1 Å². The molecule has 8 aromatic carbocycles. The van der Waals surface area contributed by atoms with Gasteiger partial charge in [-0.25, -0.2) is 15.0 Å². The fourth-order valence-electron chi connectivity index (χ4n) is 9.45. The second-order valence-corrected chi connectivity index (χ2v) is 17.8. The predicted molar refractivity (Wildman–Crippen MR) is 277 cm³/mol. The topological polar surface area (TPSA) is 48.5 Å². The Hall–Kier alpha value is -8.41. The third-order valence-electron chi connectivity index (χ3n) is 12.7. The van der Waals surface area contributed by atoms with Crippen molar-refractivity contribution in [2.75, 3.05) is 0 Å². The molecule has 0 radical (unpaired) electrons. The lowest BCUT2D eigenvalue weighted by molar-refractivity contribution is 0.591. The van der Waals surface area contributed by atoms with Crippen molar-refractivity contribution < 1.29 is 0 Å². The quantitative estimate of drug-likeness (QED) is 0.136. The number of aromatic nitrogens is 5. The highest BCUT2D eigenvalue weighted by Gasteiger charge is 2.25. The molecule has 11 aromatic rings. The highest BCUT2D eigenvalue weighted by atomic mass is 15.0. The van der Waals surface area contributed by atoms with E-state index in [0.717, 1.165) is 61.4 Å². The van der Waals surface area contributed by atoms with Gasteiger partial charge in [0.1, 0.15) is 0 Å². The van der Waals surface area contributed by atoms with Crippen LogP contribution in [-0.2, 0) is 5.41 Å². The normalized spacial score (nSPS) is 12.1. The van der Waals surface area contributed by atoms with Crippen molar-refractivity contribution in [2.45, 2.75) is 26.2 Å². The number of nitrogens with zero attached hydrogens (tertiary/aromatic N) is 5. The van der Waals surface area contributed by atoms with Crippen LogP contribution >= 0.6 is 0 Å². The standard InChI is InChI=1S/C61H47N5/c1-6-21-40(7-2)58-62-59(43-26-15-10-16-27-43)64-60(63-58)44-36-50(41-22-11-8-12-23-41)57(51(37-44)42-24-13-9-14-25-42)66-55-35-32-45(61(3,4)5)38-52(55)49-34-33-46(39-56(49)66)65-53-30-19-17-28-47(53)48-29-18-20-31-54(48)65/h6-39H,1-2H2,3-5H3/b40-21+. The average molecular weight is 850 g/mol. The molecule has 0 atom stereocenters. The summed E-state index contributed by atoms with van der Waals surface area (Å²) in [5, 5.41) is 4.85. The Kier molecular flexibility index (Phi) is 9.97. The number of benzene rings is 8. The molecule has 0 spiro atoms. The number of hydrogen-bond acceptors (Lipinski definition) is 3. The molecular formula is C61H47N5. The first-order valence-electron chi connectivity index (χ1n) is 22.4. The third kappa shape index (κ3) is 6.93. The summed E-state index contributed by atoms with van der Waals surface area (Å²) in [7, 11) is 0. The van der Waals surface area contributed by atoms with Crippen LogP contribution in [-0.4, -0.2) is 24.1 Å². The number of allylic oxidation sites excluding steroid dienone is 4. The molecule has 0 N–H and O–H groups in total. The lowest BCUT2D eigenvalue weighted by atomic mass is 9.86. The van der Waals surface area contributed by atoms with Gasteiger partial charge in [0.25, 0.3) is 0 Å². The Morgan fingerprint density at radius 1 is 0.455 bits per heavy atom. The summed E-state index contributed by atoms with van der Waals surface area (Å²) >= 11 is 0. The number of hydrogen-bond donors (Lipinski definition) is 0. The van der Waals surface area contributed by atoms with Crippen LogP contribution in [0.25, 0.3) is 106 Å². The lowest BCUT2D eigenvalue weighted by Gasteiger charge is -2.22. The minimum Gasteiger partial charge on any atom is -0.309 e. The van der Waals surface area contributed by atoms with E-state index in [1.165, 1.54) is 38.1 Å². The second-order valence-electron chi connectivity index (χ2n) is 17.8. The lowest BCUT2D eigenvalue weighted by Crippen LogP contribution is -2.10. The Morgan fingerprint density at radius 3 is 1.53 bits per heavy atom. The van der Waals surface area contributed by atoms with Crippen molar-refractivity contribution in [1.29, 1.82) is 0 Å². The zero-order valence-corrected chi connectivity index (χ0v) is 37.3. The van der Waals surface area contributed by atoms with Crippen LogP contribution in [0.15, 0.2) is 219 Å². The average Bonchev–Trinajstić information content (AvgIpc) is 3.87. The van der Waals surface area contributed by atoms with E-state index in [9.17, 15) is 0 Å². The van der Waals surface area contributed by atoms with Crippen LogP contribution in [0, 0.1) is 0 Å². The monoisotopic (exact) mass is 849 g/mol. The molecule has 0 bridgehead atoms. The van der Waals surface area contributed by atoms with Crippen molar-refractivity contribution in [1.82, 2.24) is 24.1 Å². The van der Waals surface area contributed by atoms with E-state index in [1.807, 2.05) is 36.4 Å². The highest BCUT2D eigenvalue weighted by molar-refractivity contribution is 6.13.